The number of nitrogens with zero attached hydrogens (tertiary/aromatic N) is 2. The Balaban J connectivity index is 1.69. The van der Waals surface area contributed by atoms with E-state index in [1.54, 1.807) is 36.4 Å². The first-order valence-corrected chi connectivity index (χ1v) is 9.93. The Hall–Kier alpha value is -4.33. The van der Waals surface area contributed by atoms with E-state index in [0.717, 1.165) is 10.5 Å². The van der Waals surface area contributed by atoms with Crippen LogP contribution in [-0.2, 0) is 11.2 Å². The molecule has 3 aromatic carbocycles. The van der Waals surface area contributed by atoms with Crippen LogP contribution in [0.1, 0.15) is 31.8 Å². The number of non-ortho nitro benzene ring substituents is 1. The average Bonchev–Trinajstić information content (AvgIpc) is 3.04. The Kier molecular flexibility index (Phi) is 5.51. The zero-order valence-electron chi connectivity index (χ0n) is 17.1. The van der Waals surface area contributed by atoms with Crippen molar-refractivity contribution in [3.8, 4) is 0 Å². The molecule has 0 saturated heterocycles. The van der Waals surface area contributed by atoms with Gasteiger partial charge in [-0.2, -0.15) is 0 Å². The van der Waals surface area contributed by atoms with Crippen molar-refractivity contribution in [2.24, 2.45) is 0 Å². The molecular formula is C24H19N3O5. The number of nitrogens with one attached hydrogen (secondary N) is 1. The molecule has 0 aliphatic carbocycles. The molecule has 3 aromatic rings. The van der Waals surface area contributed by atoms with Crippen LogP contribution in [0.25, 0.3) is 0 Å². The van der Waals surface area contributed by atoms with E-state index in [1.165, 1.54) is 24.3 Å². The third-order valence-corrected chi connectivity index (χ3v) is 5.42. The Bertz CT molecular complexity index is 1200. The normalized spacial score (nSPS) is 13.6. The van der Waals surface area contributed by atoms with Crippen LogP contribution >= 0.6 is 0 Å². The van der Waals surface area contributed by atoms with E-state index in [2.05, 4.69) is 5.32 Å². The van der Waals surface area contributed by atoms with Crippen LogP contribution in [0.2, 0.25) is 0 Å². The van der Waals surface area contributed by atoms with Crippen molar-refractivity contribution in [3.05, 3.63) is 105 Å². The van der Waals surface area contributed by atoms with Crippen molar-refractivity contribution in [1.29, 1.82) is 0 Å². The largest absolute Gasteiger partial charge is 0.324 e. The molecule has 0 aromatic heterocycles. The Morgan fingerprint density at radius 3 is 2.06 bits per heavy atom. The van der Waals surface area contributed by atoms with Crippen LogP contribution in [0.15, 0.2) is 72.8 Å². The summed E-state index contributed by atoms with van der Waals surface area (Å²) in [6.45, 7) is 1.84. The van der Waals surface area contributed by atoms with Gasteiger partial charge in [0.2, 0.25) is 5.91 Å². The molecule has 1 aliphatic heterocycles. The molecule has 32 heavy (non-hydrogen) atoms. The second-order valence-electron chi connectivity index (χ2n) is 7.47. The van der Waals surface area contributed by atoms with E-state index >= 15 is 0 Å². The smallest absolute Gasteiger partial charge is 0.269 e. The number of fused-ring (bicyclic) bond motifs is 1. The van der Waals surface area contributed by atoms with E-state index in [4.69, 9.17) is 0 Å². The highest BCUT2D eigenvalue weighted by Crippen LogP contribution is 2.27. The van der Waals surface area contributed by atoms with Gasteiger partial charge in [0.25, 0.3) is 17.5 Å². The summed E-state index contributed by atoms with van der Waals surface area (Å²) in [4.78, 5) is 50.8. The van der Waals surface area contributed by atoms with Gasteiger partial charge in [-0.15, -0.1) is 0 Å². The number of benzene rings is 3. The number of imide groups is 1. The van der Waals surface area contributed by atoms with Gasteiger partial charge >= 0.3 is 0 Å². The number of nitro groups is 1. The van der Waals surface area contributed by atoms with E-state index in [1.807, 2.05) is 19.1 Å². The highest BCUT2D eigenvalue weighted by molar-refractivity contribution is 6.23. The lowest BCUT2D eigenvalue weighted by Gasteiger charge is -2.26. The molecule has 160 valence electrons. The van der Waals surface area contributed by atoms with Crippen molar-refractivity contribution in [2.75, 3.05) is 5.32 Å². The number of carbonyl (C=O) groups is 3. The number of aryl methyl sites for hydroxylation is 1. The lowest BCUT2D eigenvalue weighted by molar-refractivity contribution is -0.384. The second kappa shape index (κ2) is 8.43. The predicted molar refractivity (Wildman–Crippen MR) is 117 cm³/mol. The quantitative estimate of drug-likeness (QED) is 0.365. The maximum absolute atomic E-state index is 13.3. The molecule has 0 radical (unpaired) electrons. The van der Waals surface area contributed by atoms with E-state index < -0.39 is 28.7 Å². The maximum atomic E-state index is 13.3. The number of rotatable bonds is 6. The number of nitro benzene ring substituents is 1. The van der Waals surface area contributed by atoms with Crippen molar-refractivity contribution in [2.45, 2.75) is 19.4 Å². The summed E-state index contributed by atoms with van der Waals surface area (Å²) < 4.78 is 0. The molecule has 3 amide bonds. The van der Waals surface area contributed by atoms with Crippen LogP contribution in [0, 0.1) is 17.0 Å². The van der Waals surface area contributed by atoms with Gasteiger partial charge in [-0.25, -0.2) is 0 Å². The van der Waals surface area contributed by atoms with Crippen LogP contribution in [-0.4, -0.2) is 33.6 Å². The monoisotopic (exact) mass is 429 g/mol. The number of amides is 3. The van der Waals surface area contributed by atoms with E-state index in [9.17, 15) is 24.5 Å². The minimum Gasteiger partial charge on any atom is -0.324 e. The molecule has 0 fully saturated rings. The van der Waals surface area contributed by atoms with Crippen molar-refractivity contribution in [1.82, 2.24) is 4.90 Å². The number of carbonyl (C=O) groups excluding carboxylic acids is 3. The highest BCUT2D eigenvalue weighted by Gasteiger charge is 2.42. The topological polar surface area (TPSA) is 110 Å². The van der Waals surface area contributed by atoms with Crippen LogP contribution in [0.5, 0.6) is 0 Å². The molecule has 1 atom stereocenters. The standard InChI is InChI=1S/C24H19N3O5/c1-15-6-2-5-9-20(15)25-22(28)21(14-16-10-12-17(13-11-16)27(31)32)26-23(29)18-7-3-4-8-19(18)24(26)30/h2-13,21H,14H2,1H3,(H,25,28)/t21-/m0/s1. The predicted octanol–water partition coefficient (Wildman–Crippen LogP) is 3.75. The van der Waals surface area contributed by atoms with Gasteiger partial charge in [0.15, 0.2) is 0 Å². The summed E-state index contributed by atoms with van der Waals surface area (Å²) in [6.07, 6.45) is 0.0151. The number of anilines is 1. The molecule has 1 aliphatic rings. The number of para-hydroxylation sites is 1. The summed E-state index contributed by atoms with van der Waals surface area (Å²) in [5.41, 5.74) is 2.39. The molecule has 0 saturated carbocycles. The fraction of sp³-hybridized carbons (Fsp3) is 0.125. The summed E-state index contributed by atoms with van der Waals surface area (Å²) in [7, 11) is 0. The zero-order valence-corrected chi connectivity index (χ0v) is 17.1. The first-order valence-electron chi connectivity index (χ1n) is 9.93. The van der Waals surface area contributed by atoms with Crippen LogP contribution in [0.4, 0.5) is 11.4 Å². The van der Waals surface area contributed by atoms with Gasteiger partial charge in [0.1, 0.15) is 6.04 Å². The van der Waals surface area contributed by atoms with Gasteiger partial charge in [0.05, 0.1) is 16.1 Å². The van der Waals surface area contributed by atoms with Gasteiger partial charge < -0.3 is 5.32 Å². The summed E-state index contributed by atoms with van der Waals surface area (Å²) in [5, 5.41) is 13.8. The molecule has 1 heterocycles. The highest BCUT2D eigenvalue weighted by atomic mass is 16.6. The third-order valence-electron chi connectivity index (χ3n) is 5.42. The van der Waals surface area contributed by atoms with Crippen LogP contribution < -0.4 is 5.32 Å². The van der Waals surface area contributed by atoms with Gasteiger partial charge in [-0.1, -0.05) is 42.5 Å². The van der Waals surface area contributed by atoms with E-state index in [0.29, 0.717) is 11.3 Å². The molecule has 8 heteroatoms. The lowest BCUT2D eigenvalue weighted by atomic mass is 10.0. The summed E-state index contributed by atoms with van der Waals surface area (Å²) in [6, 6.07) is 18.2. The average molecular weight is 429 g/mol. The molecule has 0 bridgehead atoms. The molecule has 0 unspecified atom stereocenters. The van der Waals surface area contributed by atoms with Gasteiger partial charge in [-0.05, 0) is 36.2 Å². The molecule has 0 spiro atoms. The first kappa shape index (κ1) is 20.9. The minimum absolute atomic E-state index is 0.0151. The zero-order chi connectivity index (χ0) is 22.8. The van der Waals surface area contributed by atoms with Crippen molar-refractivity contribution < 1.29 is 19.3 Å². The molecule has 1 N–H and O–H groups in total. The molecular weight excluding hydrogens is 410 g/mol. The minimum atomic E-state index is -1.14. The van der Waals surface area contributed by atoms with Gasteiger partial charge in [0, 0.05) is 24.2 Å². The fourth-order valence-electron chi connectivity index (χ4n) is 3.70. The van der Waals surface area contributed by atoms with Crippen LogP contribution in [0.3, 0.4) is 0 Å². The summed E-state index contributed by atoms with van der Waals surface area (Å²) >= 11 is 0. The Morgan fingerprint density at radius 1 is 0.938 bits per heavy atom. The fourth-order valence-corrected chi connectivity index (χ4v) is 3.70. The SMILES string of the molecule is Cc1ccccc1NC(=O)[C@H](Cc1ccc([N+](=O)[O-])cc1)N1C(=O)c2ccccc2C1=O. The third kappa shape index (κ3) is 3.85. The molecule has 4 rings (SSSR count). The summed E-state index contributed by atoms with van der Waals surface area (Å²) in [5.74, 6) is -1.61. The van der Waals surface area contributed by atoms with Crippen molar-refractivity contribution >= 4 is 29.1 Å². The van der Waals surface area contributed by atoms with Gasteiger partial charge in [-0.3, -0.25) is 29.4 Å². The Labute approximate surface area is 183 Å². The lowest BCUT2D eigenvalue weighted by Crippen LogP contribution is -2.48. The maximum Gasteiger partial charge on any atom is 0.269 e. The second-order valence-corrected chi connectivity index (χ2v) is 7.47. The van der Waals surface area contributed by atoms with Crippen molar-refractivity contribution in [3.63, 3.8) is 0 Å². The number of hydrogen-bond donors (Lipinski definition) is 1. The Morgan fingerprint density at radius 2 is 1.50 bits per heavy atom. The number of hydrogen-bond acceptors (Lipinski definition) is 5. The first-order chi connectivity index (χ1) is 15.4. The molecule has 8 nitrogen and oxygen atoms in total. The van der Waals surface area contributed by atoms with E-state index in [-0.39, 0.29) is 23.2 Å².